The molecule has 1 aromatic carbocycles. The summed E-state index contributed by atoms with van der Waals surface area (Å²) < 4.78 is 1.06. The topological polar surface area (TPSA) is 62.4 Å². The molecular formula is C12H19BrN4. The SMILES string of the molecule is CC(C)CNC(=NCc1ccccc1Br)NN. The molecule has 0 aliphatic carbocycles. The quantitative estimate of drug-likeness (QED) is 0.345. The highest BCUT2D eigenvalue weighted by atomic mass is 79.9. The Morgan fingerprint density at radius 3 is 2.71 bits per heavy atom. The van der Waals surface area contributed by atoms with E-state index in [1.807, 2.05) is 24.3 Å². The maximum absolute atomic E-state index is 5.41. The van der Waals surface area contributed by atoms with Crippen molar-refractivity contribution in [3.8, 4) is 0 Å². The summed E-state index contributed by atoms with van der Waals surface area (Å²) in [5, 5.41) is 3.16. The van der Waals surface area contributed by atoms with E-state index in [2.05, 4.69) is 45.5 Å². The first-order valence-electron chi connectivity index (χ1n) is 5.61. The lowest BCUT2D eigenvalue weighted by Crippen LogP contribution is -2.42. The molecule has 0 aliphatic heterocycles. The number of nitrogens with two attached hydrogens (primary N) is 1. The van der Waals surface area contributed by atoms with Crippen LogP contribution >= 0.6 is 15.9 Å². The number of nitrogens with one attached hydrogen (secondary N) is 2. The van der Waals surface area contributed by atoms with Crippen LogP contribution in [-0.2, 0) is 6.54 Å². The maximum Gasteiger partial charge on any atom is 0.206 e. The van der Waals surface area contributed by atoms with Crippen molar-refractivity contribution in [2.75, 3.05) is 6.54 Å². The van der Waals surface area contributed by atoms with Crippen LogP contribution < -0.4 is 16.6 Å². The fraction of sp³-hybridized carbons (Fsp3) is 0.417. The average Bonchev–Trinajstić information content (AvgIpc) is 2.31. The third-order valence-corrected chi connectivity index (χ3v) is 2.95. The molecule has 17 heavy (non-hydrogen) atoms. The van der Waals surface area contributed by atoms with Gasteiger partial charge in [-0.3, -0.25) is 5.43 Å². The highest BCUT2D eigenvalue weighted by molar-refractivity contribution is 9.10. The Kier molecular flexibility index (Phi) is 6.00. The summed E-state index contributed by atoms with van der Waals surface area (Å²) in [5.41, 5.74) is 3.70. The predicted molar refractivity (Wildman–Crippen MR) is 75.4 cm³/mol. The van der Waals surface area contributed by atoms with E-state index in [-0.39, 0.29) is 0 Å². The third kappa shape index (κ3) is 5.19. The van der Waals surface area contributed by atoms with Crippen LogP contribution in [0.2, 0.25) is 0 Å². The van der Waals surface area contributed by atoms with Crippen LogP contribution in [-0.4, -0.2) is 12.5 Å². The zero-order valence-electron chi connectivity index (χ0n) is 10.2. The first-order chi connectivity index (χ1) is 8.13. The minimum atomic E-state index is 0.553. The predicted octanol–water partition coefficient (Wildman–Crippen LogP) is 2.01. The smallest absolute Gasteiger partial charge is 0.206 e. The summed E-state index contributed by atoms with van der Waals surface area (Å²) in [6, 6.07) is 8.01. The molecule has 0 radical (unpaired) electrons. The molecule has 0 saturated heterocycles. The van der Waals surface area contributed by atoms with E-state index >= 15 is 0 Å². The Hall–Kier alpha value is -1.07. The summed E-state index contributed by atoms with van der Waals surface area (Å²) in [7, 11) is 0. The first kappa shape index (κ1) is 14.0. The normalized spacial score (nSPS) is 11.7. The largest absolute Gasteiger partial charge is 0.355 e. The third-order valence-electron chi connectivity index (χ3n) is 2.18. The van der Waals surface area contributed by atoms with E-state index in [0.717, 1.165) is 16.6 Å². The van der Waals surface area contributed by atoms with Gasteiger partial charge in [0.1, 0.15) is 0 Å². The van der Waals surface area contributed by atoms with Gasteiger partial charge in [-0.15, -0.1) is 0 Å². The Morgan fingerprint density at radius 2 is 2.12 bits per heavy atom. The number of hydrazine groups is 1. The number of guanidine groups is 1. The van der Waals surface area contributed by atoms with Gasteiger partial charge in [-0.2, -0.15) is 0 Å². The molecule has 1 rings (SSSR count). The van der Waals surface area contributed by atoms with Gasteiger partial charge in [-0.25, -0.2) is 10.8 Å². The van der Waals surface area contributed by atoms with Crippen LogP contribution in [0.3, 0.4) is 0 Å². The molecule has 0 bridgehead atoms. The lowest BCUT2D eigenvalue weighted by Gasteiger charge is -2.11. The molecular weight excluding hydrogens is 280 g/mol. The molecule has 0 spiro atoms. The van der Waals surface area contributed by atoms with Crippen LogP contribution in [0, 0.1) is 5.92 Å². The molecule has 0 amide bonds. The van der Waals surface area contributed by atoms with E-state index in [4.69, 9.17) is 5.84 Å². The molecule has 0 aliphatic rings. The van der Waals surface area contributed by atoms with Crippen LogP contribution in [0.1, 0.15) is 19.4 Å². The van der Waals surface area contributed by atoms with Crippen LogP contribution in [0.25, 0.3) is 0 Å². The standard InChI is InChI=1S/C12H19BrN4/c1-9(2)7-15-12(17-14)16-8-10-5-3-4-6-11(10)13/h3-6,9H,7-8,14H2,1-2H3,(H2,15,16,17). The molecule has 1 aromatic rings. The summed E-state index contributed by atoms with van der Waals surface area (Å²) in [6.07, 6.45) is 0. The number of nitrogens with zero attached hydrogens (tertiary/aromatic N) is 1. The molecule has 0 saturated carbocycles. The zero-order valence-corrected chi connectivity index (χ0v) is 11.8. The number of rotatable bonds is 4. The molecule has 0 aromatic heterocycles. The average molecular weight is 299 g/mol. The fourth-order valence-electron chi connectivity index (χ4n) is 1.24. The van der Waals surface area contributed by atoms with E-state index in [0.29, 0.717) is 18.4 Å². The van der Waals surface area contributed by atoms with Gasteiger partial charge >= 0.3 is 0 Å². The first-order valence-corrected chi connectivity index (χ1v) is 6.41. The molecule has 0 heterocycles. The fourth-order valence-corrected chi connectivity index (χ4v) is 1.65. The summed E-state index contributed by atoms with van der Waals surface area (Å²) >= 11 is 3.49. The number of aliphatic imine (C=N–C) groups is 1. The lowest BCUT2D eigenvalue weighted by atomic mass is 10.2. The summed E-state index contributed by atoms with van der Waals surface area (Å²) in [4.78, 5) is 4.38. The second-order valence-electron chi connectivity index (χ2n) is 4.18. The van der Waals surface area contributed by atoms with Crippen molar-refractivity contribution >= 4 is 21.9 Å². The van der Waals surface area contributed by atoms with Gasteiger partial charge in [0, 0.05) is 11.0 Å². The molecule has 0 unspecified atom stereocenters. The summed E-state index contributed by atoms with van der Waals surface area (Å²) in [6.45, 7) is 5.70. The second kappa shape index (κ2) is 7.29. The molecule has 94 valence electrons. The van der Waals surface area contributed by atoms with E-state index in [1.165, 1.54) is 0 Å². The van der Waals surface area contributed by atoms with E-state index in [9.17, 15) is 0 Å². The van der Waals surface area contributed by atoms with Gasteiger partial charge in [-0.05, 0) is 17.5 Å². The van der Waals surface area contributed by atoms with Crippen molar-refractivity contribution in [2.45, 2.75) is 20.4 Å². The van der Waals surface area contributed by atoms with Crippen molar-refractivity contribution in [2.24, 2.45) is 16.8 Å². The number of benzene rings is 1. The van der Waals surface area contributed by atoms with Crippen molar-refractivity contribution in [3.05, 3.63) is 34.3 Å². The Labute approximate surface area is 111 Å². The monoisotopic (exact) mass is 298 g/mol. The van der Waals surface area contributed by atoms with Gasteiger partial charge in [-0.1, -0.05) is 48.0 Å². The molecule has 0 fully saturated rings. The van der Waals surface area contributed by atoms with Crippen LogP contribution in [0.5, 0.6) is 0 Å². The van der Waals surface area contributed by atoms with Gasteiger partial charge in [0.2, 0.25) is 5.96 Å². The van der Waals surface area contributed by atoms with Gasteiger partial charge in [0.15, 0.2) is 0 Å². The van der Waals surface area contributed by atoms with E-state index in [1.54, 1.807) is 0 Å². The highest BCUT2D eigenvalue weighted by Crippen LogP contribution is 2.16. The van der Waals surface area contributed by atoms with Crippen LogP contribution in [0.4, 0.5) is 0 Å². The van der Waals surface area contributed by atoms with Crippen molar-refractivity contribution in [3.63, 3.8) is 0 Å². The Balaban J connectivity index is 2.58. The number of halogens is 1. The molecule has 4 N–H and O–H groups in total. The molecule has 0 atom stereocenters. The zero-order chi connectivity index (χ0) is 12.7. The Bertz CT molecular complexity index is 377. The van der Waals surface area contributed by atoms with E-state index < -0.39 is 0 Å². The summed E-state index contributed by atoms with van der Waals surface area (Å²) in [5.74, 6) is 6.58. The van der Waals surface area contributed by atoms with Crippen molar-refractivity contribution < 1.29 is 0 Å². The van der Waals surface area contributed by atoms with Gasteiger partial charge in [0.05, 0.1) is 6.54 Å². The molecule has 4 nitrogen and oxygen atoms in total. The lowest BCUT2D eigenvalue weighted by molar-refractivity contribution is 0.615. The van der Waals surface area contributed by atoms with Gasteiger partial charge < -0.3 is 5.32 Å². The van der Waals surface area contributed by atoms with Crippen molar-refractivity contribution in [1.82, 2.24) is 10.7 Å². The van der Waals surface area contributed by atoms with Crippen LogP contribution in [0.15, 0.2) is 33.7 Å². The number of hydrogen-bond acceptors (Lipinski definition) is 2. The van der Waals surface area contributed by atoms with Crippen molar-refractivity contribution in [1.29, 1.82) is 0 Å². The number of hydrogen-bond donors (Lipinski definition) is 3. The van der Waals surface area contributed by atoms with Gasteiger partial charge in [0.25, 0.3) is 0 Å². The minimum absolute atomic E-state index is 0.553. The Morgan fingerprint density at radius 1 is 1.41 bits per heavy atom. The minimum Gasteiger partial charge on any atom is -0.355 e. The highest BCUT2D eigenvalue weighted by Gasteiger charge is 2.00. The maximum atomic E-state index is 5.41. The second-order valence-corrected chi connectivity index (χ2v) is 5.03. The molecule has 5 heteroatoms.